The average Bonchev–Trinajstić information content (AvgIpc) is 2.42. The molecular formula is C16H22O2. The number of carbonyl (C=O) groups excluding carboxylic acids is 1. The lowest BCUT2D eigenvalue weighted by atomic mass is 9.88. The van der Waals surface area contributed by atoms with Gasteiger partial charge in [-0.15, -0.1) is 0 Å². The topological polar surface area (TPSA) is 26.3 Å². The molecule has 2 unspecified atom stereocenters. The second-order valence-electron chi connectivity index (χ2n) is 5.21. The van der Waals surface area contributed by atoms with Crippen LogP contribution in [0.4, 0.5) is 0 Å². The number of hydrogen-bond donors (Lipinski definition) is 0. The number of ether oxygens (including phenoxy) is 1. The molecule has 0 saturated heterocycles. The van der Waals surface area contributed by atoms with Gasteiger partial charge in [-0.05, 0) is 18.8 Å². The smallest absolute Gasteiger partial charge is 0.165 e. The van der Waals surface area contributed by atoms with Crippen LogP contribution < -0.4 is 0 Å². The van der Waals surface area contributed by atoms with Gasteiger partial charge in [0.25, 0.3) is 0 Å². The van der Waals surface area contributed by atoms with Gasteiger partial charge in [0, 0.05) is 12.0 Å². The highest BCUT2D eigenvalue weighted by Gasteiger charge is 2.21. The molecule has 1 aromatic rings. The van der Waals surface area contributed by atoms with Crippen LogP contribution in [0.3, 0.4) is 0 Å². The molecule has 18 heavy (non-hydrogen) atoms. The van der Waals surface area contributed by atoms with Gasteiger partial charge >= 0.3 is 0 Å². The third kappa shape index (κ3) is 3.67. The van der Waals surface area contributed by atoms with Crippen molar-refractivity contribution in [3.8, 4) is 0 Å². The second kappa shape index (κ2) is 6.69. The first-order chi connectivity index (χ1) is 8.77. The first kappa shape index (κ1) is 13.3. The van der Waals surface area contributed by atoms with Crippen LogP contribution in [0.15, 0.2) is 30.3 Å². The maximum Gasteiger partial charge on any atom is 0.165 e. The Kier molecular flexibility index (Phi) is 4.94. The fraction of sp³-hybridized carbons (Fsp3) is 0.562. The molecule has 2 atom stereocenters. The number of ketones is 1. The predicted molar refractivity (Wildman–Crippen MR) is 72.8 cm³/mol. The summed E-state index contributed by atoms with van der Waals surface area (Å²) in [5, 5.41) is 0. The molecule has 0 aliphatic heterocycles. The summed E-state index contributed by atoms with van der Waals surface area (Å²) in [6, 6.07) is 9.46. The van der Waals surface area contributed by atoms with E-state index in [-0.39, 0.29) is 5.78 Å². The summed E-state index contributed by atoms with van der Waals surface area (Å²) >= 11 is 0. The molecule has 0 heterocycles. The van der Waals surface area contributed by atoms with Crippen molar-refractivity contribution in [1.29, 1.82) is 0 Å². The van der Waals surface area contributed by atoms with Crippen LogP contribution in [0, 0.1) is 5.92 Å². The summed E-state index contributed by atoms with van der Waals surface area (Å²) in [5.74, 6) is 0.824. The summed E-state index contributed by atoms with van der Waals surface area (Å²) in [6.45, 7) is 2.81. The van der Waals surface area contributed by atoms with Crippen molar-refractivity contribution in [1.82, 2.24) is 0 Å². The Morgan fingerprint density at radius 2 is 1.94 bits per heavy atom. The second-order valence-corrected chi connectivity index (χ2v) is 5.21. The highest BCUT2D eigenvalue weighted by Crippen LogP contribution is 2.26. The van der Waals surface area contributed by atoms with E-state index in [1.807, 2.05) is 30.3 Å². The van der Waals surface area contributed by atoms with Gasteiger partial charge in [-0.1, -0.05) is 50.1 Å². The SMILES string of the molecule is CC1CCCCC1OCCC(=O)c1ccccc1. The lowest BCUT2D eigenvalue weighted by Gasteiger charge is -2.28. The molecule has 0 N–H and O–H groups in total. The molecule has 2 rings (SSSR count). The first-order valence-corrected chi connectivity index (χ1v) is 6.97. The normalized spacial score (nSPS) is 23.8. The van der Waals surface area contributed by atoms with E-state index in [9.17, 15) is 4.79 Å². The van der Waals surface area contributed by atoms with Crippen LogP contribution in [0.5, 0.6) is 0 Å². The molecule has 1 fully saturated rings. The van der Waals surface area contributed by atoms with Gasteiger partial charge in [-0.3, -0.25) is 4.79 Å². The molecule has 0 bridgehead atoms. The van der Waals surface area contributed by atoms with Crippen molar-refractivity contribution in [3.05, 3.63) is 35.9 Å². The number of Topliss-reactive ketones (excluding diaryl/α,β-unsaturated/α-hetero) is 1. The maximum atomic E-state index is 11.9. The molecular weight excluding hydrogens is 224 g/mol. The van der Waals surface area contributed by atoms with E-state index in [1.165, 1.54) is 19.3 Å². The van der Waals surface area contributed by atoms with Crippen LogP contribution in [-0.4, -0.2) is 18.5 Å². The van der Waals surface area contributed by atoms with Crippen molar-refractivity contribution < 1.29 is 9.53 Å². The zero-order valence-corrected chi connectivity index (χ0v) is 11.1. The fourth-order valence-electron chi connectivity index (χ4n) is 2.60. The van der Waals surface area contributed by atoms with Crippen LogP contribution in [0.2, 0.25) is 0 Å². The third-order valence-corrected chi connectivity index (χ3v) is 3.79. The number of carbonyl (C=O) groups is 1. The standard InChI is InChI=1S/C16H22O2/c1-13-7-5-6-10-16(13)18-12-11-15(17)14-8-3-2-4-9-14/h2-4,8-9,13,16H,5-7,10-12H2,1H3. The van der Waals surface area contributed by atoms with Crippen LogP contribution in [0.1, 0.15) is 49.4 Å². The number of rotatable bonds is 5. The summed E-state index contributed by atoms with van der Waals surface area (Å²) in [4.78, 5) is 11.9. The fourth-order valence-corrected chi connectivity index (χ4v) is 2.60. The van der Waals surface area contributed by atoms with E-state index >= 15 is 0 Å². The van der Waals surface area contributed by atoms with Gasteiger partial charge < -0.3 is 4.74 Å². The molecule has 0 amide bonds. The highest BCUT2D eigenvalue weighted by atomic mass is 16.5. The van der Waals surface area contributed by atoms with Gasteiger partial charge in [0.05, 0.1) is 12.7 Å². The molecule has 2 heteroatoms. The largest absolute Gasteiger partial charge is 0.377 e. The Morgan fingerprint density at radius 3 is 2.67 bits per heavy atom. The number of benzene rings is 1. The molecule has 0 radical (unpaired) electrons. The minimum atomic E-state index is 0.180. The van der Waals surface area contributed by atoms with Gasteiger partial charge in [0.1, 0.15) is 0 Å². The van der Waals surface area contributed by atoms with E-state index in [4.69, 9.17) is 4.74 Å². The Labute approximate surface area is 109 Å². The molecule has 1 aromatic carbocycles. The lowest BCUT2D eigenvalue weighted by Crippen LogP contribution is -2.26. The maximum absolute atomic E-state index is 11.9. The molecule has 1 saturated carbocycles. The van der Waals surface area contributed by atoms with Gasteiger partial charge in [-0.2, -0.15) is 0 Å². The van der Waals surface area contributed by atoms with Gasteiger partial charge in [-0.25, -0.2) is 0 Å². The van der Waals surface area contributed by atoms with Crippen molar-refractivity contribution >= 4 is 5.78 Å². The summed E-state index contributed by atoms with van der Waals surface area (Å²) in [6.07, 6.45) is 5.86. The minimum absolute atomic E-state index is 0.180. The van der Waals surface area contributed by atoms with Gasteiger partial charge in [0.15, 0.2) is 5.78 Å². The first-order valence-electron chi connectivity index (χ1n) is 6.97. The monoisotopic (exact) mass is 246 g/mol. The van der Waals surface area contributed by atoms with E-state index in [0.29, 0.717) is 25.0 Å². The van der Waals surface area contributed by atoms with E-state index in [2.05, 4.69) is 6.92 Å². The minimum Gasteiger partial charge on any atom is -0.377 e. The van der Waals surface area contributed by atoms with Crippen molar-refractivity contribution in [2.45, 2.75) is 45.1 Å². The van der Waals surface area contributed by atoms with E-state index < -0.39 is 0 Å². The molecule has 1 aliphatic rings. The van der Waals surface area contributed by atoms with Gasteiger partial charge in [0.2, 0.25) is 0 Å². The zero-order chi connectivity index (χ0) is 12.8. The summed E-state index contributed by atoms with van der Waals surface area (Å²) < 4.78 is 5.87. The highest BCUT2D eigenvalue weighted by molar-refractivity contribution is 5.96. The lowest BCUT2D eigenvalue weighted by molar-refractivity contribution is -0.00448. The molecule has 0 spiro atoms. The molecule has 2 nitrogen and oxygen atoms in total. The Balaban J connectivity index is 1.73. The quantitative estimate of drug-likeness (QED) is 0.737. The average molecular weight is 246 g/mol. The summed E-state index contributed by atoms with van der Waals surface area (Å²) in [7, 11) is 0. The van der Waals surface area contributed by atoms with Crippen LogP contribution in [-0.2, 0) is 4.74 Å². The third-order valence-electron chi connectivity index (χ3n) is 3.79. The van der Waals surface area contributed by atoms with E-state index in [0.717, 1.165) is 12.0 Å². The van der Waals surface area contributed by atoms with Crippen molar-refractivity contribution in [2.24, 2.45) is 5.92 Å². The Hall–Kier alpha value is -1.15. The van der Waals surface area contributed by atoms with Crippen molar-refractivity contribution in [3.63, 3.8) is 0 Å². The van der Waals surface area contributed by atoms with E-state index in [1.54, 1.807) is 0 Å². The zero-order valence-electron chi connectivity index (χ0n) is 11.1. The van der Waals surface area contributed by atoms with Crippen molar-refractivity contribution in [2.75, 3.05) is 6.61 Å². The predicted octanol–water partition coefficient (Wildman–Crippen LogP) is 3.85. The molecule has 1 aliphatic carbocycles. The van der Waals surface area contributed by atoms with Crippen LogP contribution in [0.25, 0.3) is 0 Å². The van der Waals surface area contributed by atoms with Crippen LogP contribution >= 0.6 is 0 Å². The number of hydrogen-bond acceptors (Lipinski definition) is 2. The molecule has 98 valence electrons. The Morgan fingerprint density at radius 1 is 1.22 bits per heavy atom. The summed E-state index contributed by atoms with van der Waals surface area (Å²) in [5.41, 5.74) is 0.790. The molecule has 0 aromatic heterocycles. The Bertz CT molecular complexity index is 372.